The van der Waals surface area contributed by atoms with Crippen molar-refractivity contribution in [2.75, 3.05) is 0 Å². The third-order valence-corrected chi connectivity index (χ3v) is 5.68. The van der Waals surface area contributed by atoms with Gasteiger partial charge < -0.3 is 14.8 Å². The zero-order valence-corrected chi connectivity index (χ0v) is 17.6. The molecule has 1 aliphatic heterocycles. The summed E-state index contributed by atoms with van der Waals surface area (Å²) < 4.78 is 3.29. The Morgan fingerprint density at radius 1 is 1.11 bits per heavy atom. The molecule has 4 nitrogen and oxygen atoms in total. The molecule has 0 bridgehead atoms. The second kappa shape index (κ2) is 7.44. The smallest absolute Gasteiger partial charge is 0.170 e. The molecule has 1 fully saturated rings. The third-order valence-electron chi connectivity index (χ3n) is 4.86. The van der Waals surface area contributed by atoms with Gasteiger partial charge in [0.15, 0.2) is 5.11 Å². The Hall–Kier alpha value is -2.18. The van der Waals surface area contributed by atoms with E-state index in [-0.39, 0.29) is 18.1 Å². The standard InChI is InChI=1S/C21H21BrN4S/c1-14(2)26-20(19(24-21(26)27)17-9-3-4-11-23-17)18-10-6-12-25(18)16-8-5-7-15(22)13-16/h3-14,19-20H,1-2H3,(H,24,27). The van der Waals surface area contributed by atoms with Crippen LogP contribution in [0.5, 0.6) is 0 Å². The fraction of sp³-hybridized carbons (Fsp3) is 0.238. The predicted molar refractivity (Wildman–Crippen MR) is 116 cm³/mol. The molecule has 4 rings (SSSR count). The molecule has 0 aliphatic carbocycles. The molecular weight excluding hydrogens is 420 g/mol. The molecule has 1 N–H and O–H groups in total. The van der Waals surface area contributed by atoms with Crippen molar-refractivity contribution in [2.24, 2.45) is 0 Å². The van der Waals surface area contributed by atoms with E-state index in [4.69, 9.17) is 12.2 Å². The average molecular weight is 441 g/mol. The van der Waals surface area contributed by atoms with Crippen LogP contribution < -0.4 is 5.32 Å². The summed E-state index contributed by atoms with van der Waals surface area (Å²) in [7, 11) is 0. The highest BCUT2D eigenvalue weighted by Crippen LogP contribution is 2.40. The van der Waals surface area contributed by atoms with E-state index in [9.17, 15) is 0 Å². The molecule has 1 aromatic carbocycles. The second-order valence-corrected chi connectivity index (χ2v) is 8.21. The minimum atomic E-state index is 0.00176. The van der Waals surface area contributed by atoms with Crippen molar-refractivity contribution in [1.29, 1.82) is 0 Å². The molecule has 3 heterocycles. The first-order chi connectivity index (χ1) is 13.1. The maximum atomic E-state index is 5.70. The molecule has 1 saturated heterocycles. The molecule has 0 spiro atoms. The van der Waals surface area contributed by atoms with Crippen LogP contribution in [0, 0.1) is 0 Å². The van der Waals surface area contributed by atoms with Gasteiger partial charge in [-0.15, -0.1) is 0 Å². The molecule has 1 aliphatic rings. The Bertz CT molecular complexity index is 954. The quantitative estimate of drug-likeness (QED) is 0.577. The van der Waals surface area contributed by atoms with Crippen LogP contribution in [0.4, 0.5) is 0 Å². The van der Waals surface area contributed by atoms with E-state index in [1.54, 1.807) is 0 Å². The van der Waals surface area contributed by atoms with Crippen LogP contribution in [0.25, 0.3) is 5.69 Å². The Morgan fingerprint density at radius 3 is 2.67 bits per heavy atom. The van der Waals surface area contributed by atoms with Gasteiger partial charge in [0, 0.05) is 34.3 Å². The number of thiocarbonyl (C=S) groups is 1. The summed E-state index contributed by atoms with van der Waals surface area (Å²) in [5.74, 6) is 0. The summed E-state index contributed by atoms with van der Waals surface area (Å²) in [6, 6.07) is 18.9. The average Bonchev–Trinajstić information content (AvgIpc) is 3.26. The molecule has 6 heteroatoms. The van der Waals surface area contributed by atoms with Gasteiger partial charge in [-0.3, -0.25) is 4.98 Å². The summed E-state index contributed by atoms with van der Waals surface area (Å²) in [6.07, 6.45) is 3.94. The van der Waals surface area contributed by atoms with Crippen molar-refractivity contribution in [3.8, 4) is 5.69 Å². The molecule has 3 aromatic rings. The number of rotatable bonds is 4. The van der Waals surface area contributed by atoms with Gasteiger partial charge in [0.1, 0.15) is 0 Å². The molecule has 0 amide bonds. The van der Waals surface area contributed by atoms with E-state index in [1.165, 1.54) is 5.69 Å². The Morgan fingerprint density at radius 2 is 1.96 bits per heavy atom. The third kappa shape index (κ3) is 3.39. The Balaban J connectivity index is 1.84. The maximum Gasteiger partial charge on any atom is 0.170 e. The predicted octanol–water partition coefficient (Wildman–Crippen LogP) is 5.02. The molecular formula is C21H21BrN4S. The largest absolute Gasteiger partial charge is 0.352 e. The van der Waals surface area contributed by atoms with Gasteiger partial charge in [0.05, 0.1) is 17.8 Å². The van der Waals surface area contributed by atoms with Crippen molar-refractivity contribution >= 4 is 33.3 Å². The van der Waals surface area contributed by atoms with Crippen LogP contribution in [0.1, 0.15) is 37.3 Å². The van der Waals surface area contributed by atoms with Crippen LogP contribution in [-0.4, -0.2) is 25.6 Å². The lowest BCUT2D eigenvalue weighted by Crippen LogP contribution is -2.36. The molecule has 27 heavy (non-hydrogen) atoms. The molecule has 138 valence electrons. The van der Waals surface area contributed by atoms with Crippen molar-refractivity contribution in [2.45, 2.75) is 32.0 Å². The van der Waals surface area contributed by atoms with E-state index in [2.05, 4.69) is 92.1 Å². The highest BCUT2D eigenvalue weighted by atomic mass is 79.9. The van der Waals surface area contributed by atoms with E-state index >= 15 is 0 Å². The van der Waals surface area contributed by atoms with Crippen LogP contribution >= 0.6 is 28.1 Å². The van der Waals surface area contributed by atoms with E-state index in [1.807, 2.05) is 24.4 Å². The number of hydrogen-bond donors (Lipinski definition) is 1. The highest BCUT2D eigenvalue weighted by Gasteiger charge is 2.42. The van der Waals surface area contributed by atoms with Crippen LogP contribution in [0.3, 0.4) is 0 Å². The first-order valence-electron chi connectivity index (χ1n) is 8.99. The van der Waals surface area contributed by atoms with Gasteiger partial charge in [-0.25, -0.2) is 0 Å². The summed E-state index contributed by atoms with van der Waals surface area (Å²) in [5, 5.41) is 4.27. The first kappa shape index (κ1) is 18.2. The van der Waals surface area contributed by atoms with Crippen molar-refractivity contribution in [1.82, 2.24) is 19.8 Å². The SMILES string of the molecule is CC(C)N1C(=S)NC(c2ccccn2)C1c1cccn1-c1cccc(Br)c1. The number of benzene rings is 1. The normalized spacial score (nSPS) is 19.6. The molecule has 0 saturated carbocycles. The number of nitrogens with one attached hydrogen (secondary N) is 1. The lowest BCUT2D eigenvalue weighted by molar-refractivity contribution is 0.262. The fourth-order valence-electron chi connectivity index (χ4n) is 3.73. The van der Waals surface area contributed by atoms with Gasteiger partial charge in [-0.2, -0.15) is 0 Å². The Labute approximate surface area is 173 Å². The van der Waals surface area contributed by atoms with E-state index in [0.717, 1.165) is 21.0 Å². The van der Waals surface area contributed by atoms with Crippen molar-refractivity contribution in [3.63, 3.8) is 0 Å². The zero-order chi connectivity index (χ0) is 19.0. The number of halogens is 1. The van der Waals surface area contributed by atoms with Crippen molar-refractivity contribution in [3.05, 3.63) is 82.9 Å². The van der Waals surface area contributed by atoms with Crippen LogP contribution in [0.15, 0.2) is 71.5 Å². The fourth-order valence-corrected chi connectivity index (χ4v) is 4.57. The lowest BCUT2D eigenvalue weighted by Gasteiger charge is -2.31. The van der Waals surface area contributed by atoms with Gasteiger partial charge in [0.2, 0.25) is 0 Å². The summed E-state index contributed by atoms with van der Waals surface area (Å²) in [4.78, 5) is 6.88. The van der Waals surface area contributed by atoms with Crippen molar-refractivity contribution < 1.29 is 0 Å². The number of aromatic nitrogens is 2. The molecule has 2 atom stereocenters. The number of pyridine rings is 1. The summed E-state index contributed by atoms with van der Waals surface area (Å²) in [5.41, 5.74) is 3.30. The second-order valence-electron chi connectivity index (χ2n) is 6.91. The van der Waals surface area contributed by atoms with Crippen LogP contribution in [-0.2, 0) is 0 Å². The zero-order valence-electron chi connectivity index (χ0n) is 15.2. The van der Waals surface area contributed by atoms with E-state index < -0.39 is 0 Å². The van der Waals surface area contributed by atoms with E-state index in [0.29, 0.717) is 0 Å². The maximum absolute atomic E-state index is 5.70. The molecule has 2 aromatic heterocycles. The summed E-state index contributed by atoms with van der Waals surface area (Å²) in [6.45, 7) is 4.35. The lowest BCUT2D eigenvalue weighted by atomic mass is 10.0. The number of hydrogen-bond acceptors (Lipinski definition) is 2. The van der Waals surface area contributed by atoms with Gasteiger partial charge in [-0.1, -0.05) is 28.1 Å². The minimum absolute atomic E-state index is 0.00176. The van der Waals surface area contributed by atoms with Gasteiger partial charge in [-0.05, 0) is 68.5 Å². The molecule has 0 radical (unpaired) electrons. The monoisotopic (exact) mass is 440 g/mol. The minimum Gasteiger partial charge on any atom is -0.352 e. The molecule has 2 unspecified atom stereocenters. The van der Waals surface area contributed by atoms with Gasteiger partial charge in [0.25, 0.3) is 0 Å². The summed E-state index contributed by atoms with van der Waals surface area (Å²) >= 11 is 9.28. The van der Waals surface area contributed by atoms with Gasteiger partial charge >= 0.3 is 0 Å². The number of nitrogens with zero attached hydrogens (tertiary/aromatic N) is 3. The first-order valence-corrected chi connectivity index (χ1v) is 10.2. The highest BCUT2D eigenvalue weighted by molar-refractivity contribution is 9.10. The van der Waals surface area contributed by atoms with Crippen LogP contribution in [0.2, 0.25) is 0 Å². The topological polar surface area (TPSA) is 33.1 Å². The Kier molecular flexibility index (Phi) is 5.02.